The quantitative estimate of drug-likeness (QED) is 0.804. The number of anilines is 1. The van der Waals surface area contributed by atoms with Crippen molar-refractivity contribution in [1.82, 2.24) is 0 Å². The number of hydrogen-bond acceptors (Lipinski definition) is 2. The first-order valence-corrected chi connectivity index (χ1v) is 5.32. The largest absolute Gasteiger partial charge is 0.495 e. The Bertz CT molecular complexity index is 535. The van der Waals surface area contributed by atoms with Gasteiger partial charge in [0.1, 0.15) is 11.6 Å². The number of ether oxygens (including phenoxy) is 1. The molecular formula is C14H14FNO. The van der Waals surface area contributed by atoms with E-state index < -0.39 is 0 Å². The maximum absolute atomic E-state index is 12.9. The summed E-state index contributed by atoms with van der Waals surface area (Å²) in [5.74, 6) is 0.392. The summed E-state index contributed by atoms with van der Waals surface area (Å²) in [7, 11) is 1.58. The fourth-order valence-corrected chi connectivity index (χ4v) is 1.83. The summed E-state index contributed by atoms with van der Waals surface area (Å²) in [6, 6.07) is 10.1. The molecule has 2 aromatic carbocycles. The van der Waals surface area contributed by atoms with Crippen molar-refractivity contribution < 1.29 is 9.13 Å². The van der Waals surface area contributed by atoms with E-state index in [9.17, 15) is 4.39 Å². The van der Waals surface area contributed by atoms with Gasteiger partial charge in [-0.1, -0.05) is 12.1 Å². The first-order chi connectivity index (χ1) is 8.11. The van der Waals surface area contributed by atoms with Crippen molar-refractivity contribution in [3.8, 4) is 16.9 Å². The topological polar surface area (TPSA) is 35.2 Å². The van der Waals surface area contributed by atoms with Crippen LogP contribution in [0.2, 0.25) is 0 Å². The predicted octanol–water partition coefficient (Wildman–Crippen LogP) is 3.39. The molecule has 0 saturated carbocycles. The summed E-state index contributed by atoms with van der Waals surface area (Å²) in [4.78, 5) is 0. The first kappa shape index (κ1) is 11.5. The van der Waals surface area contributed by atoms with Gasteiger partial charge >= 0.3 is 0 Å². The van der Waals surface area contributed by atoms with Crippen LogP contribution in [-0.2, 0) is 0 Å². The van der Waals surface area contributed by atoms with Crippen molar-refractivity contribution in [2.75, 3.05) is 12.8 Å². The predicted molar refractivity (Wildman–Crippen MR) is 67.5 cm³/mol. The van der Waals surface area contributed by atoms with Gasteiger partial charge in [0.05, 0.1) is 12.8 Å². The minimum Gasteiger partial charge on any atom is -0.495 e. The van der Waals surface area contributed by atoms with Crippen molar-refractivity contribution in [3.63, 3.8) is 0 Å². The fraction of sp³-hybridized carbons (Fsp3) is 0.143. The molecular weight excluding hydrogens is 217 g/mol. The van der Waals surface area contributed by atoms with Crippen LogP contribution in [0, 0.1) is 12.7 Å². The number of nitrogens with two attached hydrogens (primary N) is 1. The van der Waals surface area contributed by atoms with Crippen LogP contribution in [0.5, 0.6) is 5.75 Å². The summed E-state index contributed by atoms with van der Waals surface area (Å²) in [5, 5.41) is 0. The lowest BCUT2D eigenvalue weighted by Gasteiger charge is -2.11. The van der Waals surface area contributed by atoms with Crippen LogP contribution in [0.4, 0.5) is 10.1 Å². The third-order valence-electron chi connectivity index (χ3n) is 2.73. The number of aryl methyl sites for hydroxylation is 1. The number of hydrogen-bond donors (Lipinski definition) is 1. The normalized spacial score (nSPS) is 10.3. The highest BCUT2D eigenvalue weighted by Crippen LogP contribution is 2.32. The molecule has 3 heteroatoms. The zero-order chi connectivity index (χ0) is 12.4. The van der Waals surface area contributed by atoms with Crippen molar-refractivity contribution in [2.45, 2.75) is 6.92 Å². The van der Waals surface area contributed by atoms with E-state index in [0.29, 0.717) is 11.4 Å². The van der Waals surface area contributed by atoms with Gasteiger partial charge in [0.15, 0.2) is 0 Å². The van der Waals surface area contributed by atoms with Crippen LogP contribution < -0.4 is 10.5 Å². The Kier molecular flexibility index (Phi) is 3.00. The number of halogens is 1. The molecule has 0 atom stereocenters. The van der Waals surface area contributed by atoms with E-state index in [1.165, 1.54) is 12.1 Å². The average Bonchev–Trinajstić information content (AvgIpc) is 2.31. The Balaban J connectivity index is 2.55. The van der Waals surface area contributed by atoms with E-state index in [1.54, 1.807) is 19.2 Å². The van der Waals surface area contributed by atoms with E-state index in [0.717, 1.165) is 16.7 Å². The highest BCUT2D eigenvalue weighted by Gasteiger charge is 2.07. The lowest BCUT2D eigenvalue weighted by molar-refractivity contribution is 0.417. The van der Waals surface area contributed by atoms with Crippen LogP contribution in [0.3, 0.4) is 0 Å². The van der Waals surface area contributed by atoms with Gasteiger partial charge in [-0.05, 0) is 47.9 Å². The van der Waals surface area contributed by atoms with Gasteiger partial charge in [-0.2, -0.15) is 0 Å². The summed E-state index contributed by atoms with van der Waals surface area (Å²) in [6.07, 6.45) is 0. The molecule has 2 aromatic rings. The molecule has 0 unspecified atom stereocenters. The second-order valence-electron chi connectivity index (χ2n) is 3.92. The molecule has 0 saturated heterocycles. The highest BCUT2D eigenvalue weighted by atomic mass is 19.1. The summed E-state index contributed by atoms with van der Waals surface area (Å²) in [6.45, 7) is 1.97. The summed E-state index contributed by atoms with van der Waals surface area (Å²) < 4.78 is 18.1. The standard InChI is InChI=1S/C14H14FNO/c1-9-7-13(16)14(17-2)8-12(9)10-3-5-11(15)6-4-10/h3-8H,16H2,1-2H3. The van der Waals surface area contributed by atoms with Crippen molar-refractivity contribution in [3.05, 3.63) is 47.8 Å². The number of rotatable bonds is 2. The third-order valence-corrected chi connectivity index (χ3v) is 2.73. The molecule has 2 N–H and O–H groups in total. The second-order valence-corrected chi connectivity index (χ2v) is 3.92. The lowest BCUT2D eigenvalue weighted by atomic mass is 9.99. The smallest absolute Gasteiger partial charge is 0.142 e. The van der Waals surface area contributed by atoms with E-state index in [1.807, 2.05) is 19.1 Å². The summed E-state index contributed by atoms with van der Waals surface area (Å²) in [5.41, 5.74) is 9.41. The van der Waals surface area contributed by atoms with Gasteiger partial charge in [0, 0.05) is 0 Å². The molecule has 2 rings (SSSR count). The molecule has 88 valence electrons. The summed E-state index contributed by atoms with van der Waals surface area (Å²) >= 11 is 0. The van der Waals surface area contributed by atoms with Crippen LogP contribution in [0.1, 0.15) is 5.56 Å². The Morgan fingerprint density at radius 3 is 2.35 bits per heavy atom. The van der Waals surface area contributed by atoms with E-state index >= 15 is 0 Å². The van der Waals surface area contributed by atoms with Crippen molar-refractivity contribution >= 4 is 5.69 Å². The first-order valence-electron chi connectivity index (χ1n) is 5.32. The van der Waals surface area contributed by atoms with E-state index in [-0.39, 0.29) is 5.82 Å². The number of methoxy groups -OCH3 is 1. The monoisotopic (exact) mass is 231 g/mol. The SMILES string of the molecule is COc1cc(-c2ccc(F)cc2)c(C)cc1N. The van der Waals surface area contributed by atoms with Crippen LogP contribution in [0.25, 0.3) is 11.1 Å². The molecule has 0 heterocycles. The average molecular weight is 231 g/mol. The van der Waals surface area contributed by atoms with Gasteiger partial charge in [-0.15, -0.1) is 0 Å². The Labute approximate surface area is 99.8 Å². The Morgan fingerprint density at radius 1 is 1.12 bits per heavy atom. The molecule has 0 aliphatic rings. The molecule has 0 bridgehead atoms. The zero-order valence-electron chi connectivity index (χ0n) is 9.83. The minimum absolute atomic E-state index is 0.242. The molecule has 0 spiro atoms. The van der Waals surface area contributed by atoms with Gasteiger partial charge in [-0.3, -0.25) is 0 Å². The van der Waals surface area contributed by atoms with E-state index in [2.05, 4.69) is 0 Å². The van der Waals surface area contributed by atoms with Gasteiger partial charge in [-0.25, -0.2) is 4.39 Å². The minimum atomic E-state index is -0.242. The number of benzene rings is 2. The van der Waals surface area contributed by atoms with Gasteiger partial charge in [0.2, 0.25) is 0 Å². The maximum Gasteiger partial charge on any atom is 0.142 e. The lowest BCUT2D eigenvalue weighted by Crippen LogP contribution is -1.95. The van der Waals surface area contributed by atoms with Crippen LogP contribution in [0.15, 0.2) is 36.4 Å². The van der Waals surface area contributed by atoms with Crippen molar-refractivity contribution in [1.29, 1.82) is 0 Å². The Hall–Kier alpha value is -2.03. The molecule has 0 aliphatic heterocycles. The van der Waals surface area contributed by atoms with Crippen molar-refractivity contribution in [2.24, 2.45) is 0 Å². The van der Waals surface area contributed by atoms with Crippen LogP contribution >= 0.6 is 0 Å². The molecule has 0 amide bonds. The Morgan fingerprint density at radius 2 is 1.76 bits per heavy atom. The van der Waals surface area contributed by atoms with Gasteiger partial charge < -0.3 is 10.5 Å². The van der Waals surface area contributed by atoms with E-state index in [4.69, 9.17) is 10.5 Å². The zero-order valence-corrected chi connectivity index (χ0v) is 9.83. The molecule has 0 fully saturated rings. The molecule has 0 radical (unpaired) electrons. The van der Waals surface area contributed by atoms with Gasteiger partial charge in [0.25, 0.3) is 0 Å². The maximum atomic E-state index is 12.9. The highest BCUT2D eigenvalue weighted by molar-refractivity contribution is 5.73. The number of nitrogen functional groups attached to an aromatic ring is 1. The third kappa shape index (κ3) is 2.23. The fourth-order valence-electron chi connectivity index (χ4n) is 1.83. The molecule has 0 aliphatic carbocycles. The molecule has 2 nitrogen and oxygen atoms in total. The molecule has 17 heavy (non-hydrogen) atoms. The molecule has 0 aromatic heterocycles. The van der Waals surface area contributed by atoms with Crippen LogP contribution in [-0.4, -0.2) is 7.11 Å². The second kappa shape index (κ2) is 4.45.